The van der Waals surface area contributed by atoms with Gasteiger partial charge in [-0.2, -0.15) is 0 Å². The van der Waals surface area contributed by atoms with Gasteiger partial charge < -0.3 is 10.2 Å². The van der Waals surface area contributed by atoms with Crippen LogP contribution >= 0.6 is 27.5 Å². The number of likely N-dealkylation sites (N-methyl/N-ethyl adjacent to an activating group) is 1. The second kappa shape index (κ2) is 5.55. The Morgan fingerprint density at radius 3 is 2.89 bits per heavy atom. The van der Waals surface area contributed by atoms with Gasteiger partial charge in [0.2, 0.25) is 5.91 Å². The molecule has 1 unspecified atom stereocenters. The Labute approximate surface area is 118 Å². The Morgan fingerprint density at radius 2 is 2.28 bits per heavy atom. The van der Waals surface area contributed by atoms with Crippen LogP contribution in [0.4, 0.5) is 10.1 Å². The lowest BCUT2D eigenvalue weighted by Crippen LogP contribution is -2.50. The number of nitrogens with zero attached hydrogens (tertiary/aromatic N) is 1. The predicted octanol–water partition coefficient (Wildman–Crippen LogP) is 2.96. The van der Waals surface area contributed by atoms with Crippen molar-refractivity contribution in [1.29, 1.82) is 0 Å². The largest absolute Gasteiger partial charge is 0.309 e. The number of anilines is 1. The van der Waals surface area contributed by atoms with E-state index in [0.29, 0.717) is 16.7 Å². The summed E-state index contributed by atoms with van der Waals surface area (Å²) in [4.78, 5) is 13.8. The van der Waals surface area contributed by atoms with E-state index in [4.69, 9.17) is 11.6 Å². The van der Waals surface area contributed by atoms with Crippen molar-refractivity contribution in [3.63, 3.8) is 0 Å². The number of halogens is 3. The lowest BCUT2D eigenvalue weighted by Gasteiger charge is -2.33. The van der Waals surface area contributed by atoms with Gasteiger partial charge in [-0.3, -0.25) is 4.79 Å². The molecular weight excluding hydrogens is 322 g/mol. The zero-order valence-corrected chi connectivity index (χ0v) is 12.2. The van der Waals surface area contributed by atoms with Crippen molar-refractivity contribution < 1.29 is 9.18 Å². The molecule has 18 heavy (non-hydrogen) atoms. The summed E-state index contributed by atoms with van der Waals surface area (Å²) in [6.07, 6.45) is 1.69. The number of carbonyl (C=O) groups is 1. The minimum atomic E-state index is -0.426. The fourth-order valence-electron chi connectivity index (χ4n) is 2.16. The lowest BCUT2D eigenvalue weighted by atomic mass is 10.0. The minimum Gasteiger partial charge on any atom is -0.309 e. The molecule has 2 rings (SSSR count). The third-order valence-electron chi connectivity index (χ3n) is 3.04. The Hall–Kier alpha value is -0.650. The van der Waals surface area contributed by atoms with Gasteiger partial charge in [-0.25, -0.2) is 4.39 Å². The van der Waals surface area contributed by atoms with Crippen LogP contribution in [0, 0.1) is 5.82 Å². The molecule has 0 spiro atoms. The van der Waals surface area contributed by atoms with E-state index >= 15 is 0 Å². The van der Waals surface area contributed by atoms with Crippen LogP contribution in [-0.2, 0) is 4.79 Å². The molecule has 1 saturated heterocycles. The van der Waals surface area contributed by atoms with Gasteiger partial charge in [0, 0.05) is 11.0 Å². The van der Waals surface area contributed by atoms with Gasteiger partial charge in [-0.05, 0) is 48.0 Å². The van der Waals surface area contributed by atoms with E-state index in [9.17, 15) is 9.18 Å². The van der Waals surface area contributed by atoms with Gasteiger partial charge in [-0.1, -0.05) is 11.6 Å². The molecule has 6 heteroatoms. The van der Waals surface area contributed by atoms with Crippen LogP contribution in [0.2, 0.25) is 5.02 Å². The van der Waals surface area contributed by atoms with Crippen LogP contribution in [0.1, 0.15) is 12.8 Å². The first-order valence-electron chi connectivity index (χ1n) is 5.67. The highest BCUT2D eigenvalue weighted by Crippen LogP contribution is 2.36. The van der Waals surface area contributed by atoms with Crippen LogP contribution < -0.4 is 10.2 Å². The summed E-state index contributed by atoms with van der Waals surface area (Å²) in [5, 5.41) is 3.22. The molecule has 1 aliphatic rings. The molecule has 1 atom stereocenters. The van der Waals surface area contributed by atoms with E-state index in [0.717, 1.165) is 12.8 Å². The zero-order valence-electron chi connectivity index (χ0n) is 9.84. The number of benzene rings is 1. The van der Waals surface area contributed by atoms with Gasteiger partial charge in [0.1, 0.15) is 5.82 Å². The molecule has 0 bridgehead atoms. The monoisotopic (exact) mass is 334 g/mol. The summed E-state index contributed by atoms with van der Waals surface area (Å²) in [5.74, 6) is -0.455. The summed E-state index contributed by atoms with van der Waals surface area (Å²) >= 11 is 9.30. The smallest absolute Gasteiger partial charge is 0.244 e. The van der Waals surface area contributed by atoms with Gasteiger partial charge in [0.05, 0.1) is 16.8 Å². The molecule has 1 aliphatic heterocycles. The Kier molecular flexibility index (Phi) is 4.25. The van der Waals surface area contributed by atoms with Gasteiger partial charge >= 0.3 is 0 Å². The lowest BCUT2D eigenvalue weighted by molar-refractivity contribution is -0.121. The van der Waals surface area contributed by atoms with Crippen molar-refractivity contribution in [2.24, 2.45) is 0 Å². The summed E-state index contributed by atoms with van der Waals surface area (Å²) < 4.78 is 13.7. The quantitative estimate of drug-likeness (QED) is 0.901. The molecule has 1 N–H and O–H groups in total. The number of nitrogens with one attached hydrogen (secondary N) is 1. The van der Waals surface area contributed by atoms with Crippen LogP contribution in [-0.4, -0.2) is 25.5 Å². The third-order valence-corrected chi connectivity index (χ3v) is 3.93. The average Bonchev–Trinajstić information content (AvgIpc) is 2.30. The van der Waals surface area contributed by atoms with Gasteiger partial charge in [0.15, 0.2) is 0 Å². The standard InChI is InChI=1S/C12H13BrClFN2O/c1-16-10-3-2-4-17(12(10)18)11-8(13)5-7(15)6-9(11)14/h5-6,10,16H,2-4H2,1H3. The van der Waals surface area contributed by atoms with Crippen molar-refractivity contribution in [3.8, 4) is 0 Å². The number of amides is 1. The maximum Gasteiger partial charge on any atom is 0.244 e. The maximum atomic E-state index is 13.2. The van der Waals surface area contributed by atoms with Crippen LogP contribution in [0.25, 0.3) is 0 Å². The number of rotatable bonds is 2. The summed E-state index contributed by atoms with van der Waals surface area (Å²) in [7, 11) is 1.76. The number of hydrogen-bond acceptors (Lipinski definition) is 2. The predicted molar refractivity (Wildman–Crippen MR) is 73.5 cm³/mol. The van der Waals surface area contributed by atoms with E-state index in [2.05, 4.69) is 21.2 Å². The second-order valence-electron chi connectivity index (χ2n) is 4.19. The molecule has 0 saturated carbocycles. The highest BCUT2D eigenvalue weighted by molar-refractivity contribution is 9.10. The normalized spacial score (nSPS) is 20.3. The maximum absolute atomic E-state index is 13.2. The molecule has 0 aromatic heterocycles. The first-order chi connectivity index (χ1) is 8.54. The van der Waals surface area contributed by atoms with Crippen molar-refractivity contribution in [2.75, 3.05) is 18.5 Å². The first kappa shape index (κ1) is 13.8. The molecule has 1 aromatic rings. The molecule has 1 heterocycles. The summed E-state index contributed by atoms with van der Waals surface area (Å²) in [6.45, 7) is 0.598. The van der Waals surface area contributed by atoms with Crippen LogP contribution in [0.5, 0.6) is 0 Å². The van der Waals surface area contributed by atoms with Gasteiger partial charge in [0.25, 0.3) is 0 Å². The molecule has 3 nitrogen and oxygen atoms in total. The van der Waals surface area contributed by atoms with Crippen LogP contribution in [0.3, 0.4) is 0 Å². The van der Waals surface area contributed by atoms with E-state index in [1.165, 1.54) is 12.1 Å². The highest BCUT2D eigenvalue weighted by atomic mass is 79.9. The molecule has 1 amide bonds. The molecular formula is C12H13BrClFN2O. The topological polar surface area (TPSA) is 32.3 Å². The van der Waals surface area contributed by atoms with Crippen molar-refractivity contribution in [3.05, 3.63) is 27.4 Å². The summed E-state index contributed by atoms with van der Waals surface area (Å²) in [6, 6.07) is 2.34. The molecule has 1 fully saturated rings. The van der Waals surface area contributed by atoms with E-state index < -0.39 is 5.82 Å². The first-order valence-corrected chi connectivity index (χ1v) is 6.85. The number of carbonyl (C=O) groups excluding carboxylic acids is 1. The second-order valence-corrected chi connectivity index (χ2v) is 5.45. The minimum absolute atomic E-state index is 0.0297. The number of hydrogen-bond donors (Lipinski definition) is 1. The zero-order chi connectivity index (χ0) is 13.3. The molecule has 98 valence electrons. The Balaban J connectivity index is 2.39. The fourth-order valence-corrected chi connectivity index (χ4v) is 3.23. The molecule has 0 radical (unpaired) electrons. The SMILES string of the molecule is CNC1CCCN(c2c(Cl)cc(F)cc2Br)C1=O. The summed E-state index contributed by atoms with van der Waals surface area (Å²) in [5.41, 5.74) is 0.544. The van der Waals surface area contributed by atoms with Gasteiger partial charge in [-0.15, -0.1) is 0 Å². The van der Waals surface area contributed by atoms with E-state index in [1.807, 2.05) is 0 Å². The fraction of sp³-hybridized carbons (Fsp3) is 0.417. The Bertz CT molecular complexity index is 460. The Morgan fingerprint density at radius 1 is 1.56 bits per heavy atom. The highest BCUT2D eigenvalue weighted by Gasteiger charge is 2.30. The molecule has 1 aromatic carbocycles. The van der Waals surface area contributed by atoms with E-state index in [1.54, 1.807) is 11.9 Å². The van der Waals surface area contributed by atoms with Crippen molar-refractivity contribution in [2.45, 2.75) is 18.9 Å². The van der Waals surface area contributed by atoms with Crippen molar-refractivity contribution >= 4 is 39.1 Å². The average molecular weight is 336 g/mol. The molecule has 0 aliphatic carbocycles. The number of piperidine rings is 1. The van der Waals surface area contributed by atoms with Crippen LogP contribution in [0.15, 0.2) is 16.6 Å². The third kappa shape index (κ3) is 2.53. The van der Waals surface area contributed by atoms with E-state index in [-0.39, 0.29) is 17.0 Å². The van der Waals surface area contributed by atoms with Crippen molar-refractivity contribution in [1.82, 2.24) is 5.32 Å².